The van der Waals surface area contributed by atoms with Crippen molar-refractivity contribution in [1.82, 2.24) is 20.3 Å². The van der Waals surface area contributed by atoms with Gasteiger partial charge in [0.1, 0.15) is 12.4 Å². The summed E-state index contributed by atoms with van der Waals surface area (Å²) in [6, 6.07) is 5.47. The summed E-state index contributed by atoms with van der Waals surface area (Å²) in [6.45, 7) is 0.438. The van der Waals surface area contributed by atoms with E-state index in [1.165, 1.54) is 18.3 Å². The van der Waals surface area contributed by atoms with E-state index in [0.29, 0.717) is 6.61 Å². The van der Waals surface area contributed by atoms with Gasteiger partial charge in [0, 0.05) is 6.61 Å². The van der Waals surface area contributed by atoms with E-state index in [1.54, 1.807) is 12.1 Å². The number of nitrogens with one attached hydrogen (secondary N) is 1. The molecule has 1 aromatic carbocycles. The maximum atomic E-state index is 13.2. The number of carbonyl (C=O) groups excluding carboxylic acids is 1. The molecule has 0 spiro atoms. The zero-order chi connectivity index (χ0) is 17.8. The Morgan fingerprint density at radius 3 is 2.76 bits per heavy atom. The third-order valence-electron chi connectivity index (χ3n) is 3.95. The first kappa shape index (κ1) is 17.0. The number of amides is 1. The van der Waals surface area contributed by atoms with Crippen LogP contribution in [0.3, 0.4) is 0 Å². The second-order valence-electron chi connectivity index (χ2n) is 5.75. The van der Waals surface area contributed by atoms with Crippen LogP contribution in [0.4, 0.5) is 4.39 Å². The van der Waals surface area contributed by atoms with Crippen molar-refractivity contribution in [2.75, 3.05) is 6.61 Å². The van der Waals surface area contributed by atoms with Gasteiger partial charge in [0.15, 0.2) is 5.69 Å². The number of hydrogen-bond donors (Lipinski definition) is 2. The lowest BCUT2D eigenvalue weighted by Crippen LogP contribution is -2.38. The Balaban J connectivity index is 1.71. The number of hydrogen-bond acceptors (Lipinski definition) is 5. The van der Waals surface area contributed by atoms with Gasteiger partial charge in [-0.15, -0.1) is 5.10 Å². The number of carboxylic acids is 1. The number of rotatable bonds is 6. The first-order chi connectivity index (χ1) is 12.0. The van der Waals surface area contributed by atoms with Gasteiger partial charge in [-0.2, -0.15) is 0 Å². The molecule has 2 N–H and O–H groups in total. The standard InChI is InChI=1S/C16H17FN4O4/c17-11-5-3-10(4-6-11)15(13-2-1-7-25-13)18-14(22)9-21-8-12(16(23)24)19-20-21/h3-6,8,13,15H,1-2,7,9H2,(H,18,22)(H,23,24)/t13-,15+/m1/s1. The van der Waals surface area contributed by atoms with E-state index in [0.717, 1.165) is 23.1 Å². The molecule has 1 aliphatic heterocycles. The van der Waals surface area contributed by atoms with Crippen molar-refractivity contribution in [3.63, 3.8) is 0 Å². The molecule has 132 valence electrons. The average Bonchev–Trinajstić information content (AvgIpc) is 3.25. The van der Waals surface area contributed by atoms with E-state index < -0.39 is 12.0 Å². The lowest BCUT2D eigenvalue weighted by Gasteiger charge is -2.24. The Kier molecular flexibility index (Phi) is 5.03. The fraction of sp³-hybridized carbons (Fsp3) is 0.375. The molecule has 8 nitrogen and oxygen atoms in total. The minimum absolute atomic E-state index is 0.176. The van der Waals surface area contributed by atoms with Gasteiger partial charge in [-0.25, -0.2) is 13.9 Å². The van der Waals surface area contributed by atoms with Crippen molar-refractivity contribution in [2.24, 2.45) is 0 Å². The summed E-state index contributed by atoms with van der Waals surface area (Å²) < 4.78 is 20.0. The number of ether oxygens (including phenoxy) is 1. The summed E-state index contributed by atoms with van der Waals surface area (Å²) >= 11 is 0. The second-order valence-corrected chi connectivity index (χ2v) is 5.75. The molecule has 0 unspecified atom stereocenters. The summed E-state index contributed by atoms with van der Waals surface area (Å²) in [5.41, 5.74) is 0.508. The van der Waals surface area contributed by atoms with Crippen molar-refractivity contribution in [1.29, 1.82) is 0 Å². The highest BCUT2D eigenvalue weighted by molar-refractivity contribution is 5.84. The minimum Gasteiger partial charge on any atom is -0.476 e. The predicted octanol–water partition coefficient (Wildman–Crippen LogP) is 1.15. The van der Waals surface area contributed by atoms with Gasteiger partial charge in [-0.3, -0.25) is 4.79 Å². The van der Waals surface area contributed by atoms with Crippen LogP contribution in [0.5, 0.6) is 0 Å². The fourth-order valence-electron chi connectivity index (χ4n) is 2.77. The predicted molar refractivity (Wildman–Crippen MR) is 83.2 cm³/mol. The lowest BCUT2D eigenvalue weighted by molar-refractivity contribution is -0.123. The van der Waals surface area contributed by atoms with Crippen molar-refractivity contribution >= 4 is 11.9 Å². The average molecular weight is 348 g/mol. The van der Waals surface area contributed by atoms with Crippen LogP contribution in [0, 0.1) is 5.82 Å². The number of aromatic carboxylic acids is 1. The van der Waals surface area contributed by atoms with Crippen molar-refractivity contribution in [3.8, 4) is 0 Å². The van der Waals surface area contributed by atoms with Crippen LogP contribution < -0.4 is 5.32 Å². The van der Waals surface area contributed by atoms with Crippen LogP contribution in [0.25, 0.3) is 0 Å². The highest BCUT2D eigenvalue weighted by Gasteiger charge is 2.29. The van der Waals surface area contributed by atoms with Crippen LogP contribution in [0.1, 0.15) is 34.9 Å². The molecule has 0 aliphatic carbocycles. The van der Waals surface area contributed by atoms with Gasteiger partial charge in [0.05, 0.1) is 18.3 Å². The molecule has 1 fully saturated rings. The third kappa shape index (κ3) is 4.18. The largest absolute Gasteiger partial charge is 0.476 e. The Hall–Kier alpha value is -2.81. The first-order valence-electron chi connectivity index (χ1n) is 7.83. The van der Waals surface area contributed by atoms with Crippen LogP contribution in [-0.2, 0) is 16.1 Å². The highest BCUT2D eigenvalue weighted by atomic mass is 19.1. The Labute approximate surface area is 142 Å². The summed E-state index contributed by atoms with van der Waals surface area (Å²) in [5.74, 6) is -1.94. The minimum atomic E-state index is -1.21. The summed E-state index contributed by atoms with van der Waals surface area (Å²) in [5, 5.41) is 18.8. The van der Waals surface area contributed by atoms with Gasteiger partial charge in [0.2, 0.25) is 5.91 Å². The van der Waals surface area contributed by atoms with Crippen LogP contribution >= 0.6 is 0 Å². The summed E-state index contributed by atoms with van der Waals surface area (Å²) in [7, 11) is 0. The first-order valence-corrected chi connectivity index (χ1v) is 7.83. The molecule has 1 aromatic heterocycles. The molecule has 1 amide bonds. The number of nitrogens with zero attached hydrogens (tertiary/aromatic N) is 3. The van der Waals surface area contributed by atoms with Gasteiger partial charge < -0.3 is 15.2 Å². The maximum absolute atomic E-state index is 13.2. The zero-order valence-electron chi connectivity index (χ0n) is 13.3. The number of aromatic nitrogens is 3. The quantitative estimate of drug-likeness (QED) is 0.811. The Morgan fingerprint density at radius 1 is 1.40 bits per heavy atom. The van der Waals surface area contributed by atoms with E-state index in [-0.39, 0.29) is 30.1 Å². The molecule has 2 atom stereocenters. The van der Waals surface area contributed by atoms with Crippen LogP contribution in [0.15, 0.2) is 30.5 Å². The normalized spacial score (nSPS) is 18.0. The monoisotopic (exact) mass is 348 g/mol. The molecule has 25 heavy (non-hydrogen) atoms. The molecular weight excluding hydrogens is 331 g/mol. The number of carboxylic acid groups (broad SMARTS) is 1. The van der Waals surface area contributed by atoms with E-state index in [1.807, 2.05) is 0 Å². The maximum Gasteiger partial charge on any atom is 0.358 e. The van der Waals surface area contributed by atoms with Crippen LogP contribution in [0.2, 0.25) is 0 Å². The zero-order valence-corrected chi connectivity index (χ0v) is 13.3. The van der Waals surface area contributed by atoms with Gasteiger partial charge >= 0.3 is 5.97 Å². The van der Waals surface area contributed by atoms with Crippen molar-refractivity contribution in [3.05, 3.63) is 47.5 Å². The number of benzene rings is 1. The Morgan fingerprint density at radius 2 is 2.16 bits per heavy atom. The molecular formula is C16H17FN4O4. The third-order valence-corrected chi connectivity index (χ3v) is 3.95. The molecule has 2 heterocycles. The van der Waals surface area contributed by atoms with Crippen LogP contribution in [-0.4, -0.2) is 44.7 Å². The van der Waals surface area contributed by atoms with E-state index in [2.05, 4.69) is 15.6 Å². The summed E-state index contributed by atoms with van der Waals surface area (Å²) in [4.78, 5) is 23.1. The van der Waals surface area contributed by atoms with Crippen molar-refractivity contribution in [2.45, 2.75) is 31.5 Å². The van der Waals surface area contributed by atoms with E-state index in [4.69, 9.17) is 9.84 Å². The number of halogens is 1. The molecule has 2 aromatic rings. The second kappa shape index (κ2) is 7.39. The van der Waals surface area contributed by atoms with Gasteiger partial charge in [-0.1, -0.05) is 17.3 Å². The summed E-state index contributed by atoms with van der Waals surface area (Å²) in [6.07, 6.45) is 2.67. The molecule has 3 rings (SSSR count). The lowest BCUT2D eigenvalue weighted by atomic mass is 9.99. The van der Waals surface area contributed by atoms with E-state index in [9.17, 15) is 14.0 Å². The molecule has 0 bridgehead atoms. The smallest absolute Gasteiger partial charge is 0.358 e. The highest BCUT2D eigenvalue weighted by Crippen LogP contribution is 2.27. The molecule has 0 radical (unpaired) electrons. The van der Waals surface area contributed by atoms with Gasteiger partial charge in [0.25, 0.3) is 0 Å². The van der Waals surface area contributed by atoms with Gasteiger partial charge in [-0.05, 0) is 30.5 Å². The molecule has 0 saturated carbocycles. The number of carbonyl (C=O) groups is 2. The molecule has 1 saturated heterocycles. The Bertz CT molecular complexity index is 756. The molecule has 1 aliphatic rings. The fourth-order valence-corrected chi connectivity index (χ4v) is 2.77. The topological polar surface area (TPSA) is 106 Å². The van der Waals surface area contributed by atoms with Crippen molar-refractivity contribution < 1.29 is 23.8 Å². The SMILES string of the molecule is O=C(Cn1cc(C(=O)O)nn1)N[C@@H](c1ccc(F)cc1)[C@H]1CCCO1. The van der Waals surface area contributed by atoms with E-state index >= 15 is 0 Å². The molecule has 9 heteroatoms.